The number of amides is 1. The fraction of sp³-hybridized carbons (Fsp3) is 0.368. The van der Waals surface area contributed by atoms with Gasteiger partial charge in [-0.1, -0.05) is 30.5 Å². The third kappa shape index (κ3) is 3.88. The molecule has 3 rings (SSSR count). The maximum atomic E-state index is 12.7. The first-order valence-corrected chi connectivity index (χ1v) is 8.79. The molecule has 0 bridgehead atoms. The van der Waals surface area contributed by atoms with Crippen LogP contribution in [0.15, 0.2) is 36.7 Å². The number of rotatable bonds is 3. The van der Waals surface area contributed by atoms with E-state index in [-0.39, 0.29) is 5.91 Å². The van der Waals surface area contributed by atoms with E-state index in [0.29, 0.717) is 10.6 Å². The minimum Gasteiger partial charge on any atom is -0.354 e. The van der Waals surface area contributed by atoms with Crippen molar-refractivity contribution in [3.05, 3.63) is 52.8 Å². The van der Waals surface area contributed by atoms with Crippen LogP contribution >= 0.6 is 11.6 Å². The molecule has 2 aromatic rings. The van der Waals surface area contributed by atoms with E-state index in [2.05, 4.69) is 10.3 Å². The van der Waals surface area contributed by atoms with Crippen LogP contribution in [0.1, 0.15) is 41.6 Å². The topological polar surface area (TPSA) is 45.2 Å². The van der Waals surface area contributed by atoms with Crippen molar-refractivity contribution < 1.29 is 4.79 Å². The highest BCUT2D eigenvalue weighted by Crippen LogP contribution is 2.26. The van der Waals surface area contributed by atoms with Gasteiger partial charge in [-0.2, -0.15) is 0 Å². The van der Waals surface area contributed by atoms with Crippen LogP contribution < -0.4 is 5.32 Å². The fourth-order valence-electron chi connectivity index (χ4n) is 2.98. The van der Waals surface area contributed by atoms with Gasteiger partial charge >= 0.3 is 0 Å². The third-order valence-corrected chi connectivity index (χ3v) is 4.83. The monoisotopic (exact) mass is 343 g/mol. The summed E-state index contributed by atoms with van der Waals surface area (Å²) in [5, 5.41) is 4.02. The van der Waals surface area contributed by atoms with Gasteiger partial charge in [0.05, 0.1) is 17.4 Å². The summed E-state index contributed by atoms with van der Waals surface area (Å²) < 4.78 is 0. The Bertz CT molecular complexity index is 724. The molecule has 1 N–H and O–H groups in total. The van der Waals surface area contributed by atoms with Crippen LogP contribution in [0.25, 0.3) is 0 Å². The molecule has 0 radical (unpaired) electrons. The van der Waals surface area contributed by atoms with Crippen molar-refractivity contribution in [3.8, 4) is 0 Å². The average Bonchev–Trinajstić information content (AvgIpc) is 2.88. The van der Waals surface area contributed by atoms with Gasteiger partial charge < -0.3 is 10.2 Å². The molecular formula is C19H22ClN3O. The highest BCUT2D eigenvalue weighted by Gasteiger charge is 2.18. The Morgan fingerprint density at radius 2 is 1.92 bits per heavy atom. The summed E-state index contributed by atoms with van der Waals surface area (Å²) in [5.41, 5.74) is 3.31. The second-order valence-electron chi connectivity index (χ2n) is 6.21. The molecule has 1 fully saturated rings. The predicted molar refractivity (Wildman–Crippen MR) is 98.1 cm³/mol. The molecule has 126 valence electrons. The highest BCUT2D eigenvalue weighted by atomic mass is 35.5. The molecule has 4 nitrogen and oxygen atoms in total. The standard InChI is InChI=1S/C19H22ClN3O/c1-14-17(20)7-6-8-18(14)22-16-11-15(12-21-13-16)19(24)23-9-4-2-3-5-10-23/h6-8,11-13,22H,2-5,9-10H2,1H3. The number of hydrogen-bond donors (Lipinski definition) is 1. The van der Waals surface area contributed by atoms with Gasteiger partial charge in [0.1, 0.15) is 0 Å². The molecule has 24 heavy (non-hydrogen) atoms. The molecule has 1 aromatic heterocycles. The molecule has 1 amide bonds. The number of anilines is 2. The summed E-state index contributed by atoms with van der Waals surface area (Å²) in [4.78, 5) is 18.9. The quantitative estimate of drug-likeness (QED) is 0.870. The van der Waals surface area contributed by atoms with Crippen LogP contribution in [0.4, 0.5) is 11.4 Å². The molecule has 0 aliphatic carbocycles. The van der Waals surface area contributed by atoms with Crippen LogP contribution in [0.2, 0.25) is 5.02 Å². The molecule has 1 saturated heterocycles. The summed E-state index contributed by atoms with van der Waals surface area (Å²) in [6.07, 6.45) is 7.94. The minimum atomic E-state index is 0.0656. The first-order valence-electron chi connectivity index (χ1n) is 8.41. The number of carbonyl (C=O) groups excluding carboxylic acids is 1. The van der Waals surface area contributed by atoms with Crippen LogP contribution in [0.5, 0.6) is 0 Å². The van der Waals surface area contributed by atoms with Gasteiger partial charge in [-0.3, -0.25) is 9.78 Å². The lowest BCUT2D eigenvalue weighted by molar-refractivity contribution is 0.0761. The van der Waals surface area contributed by atoms with Crippen molar-refractivity contribution in [2.24, 2.45) is 0 Å². The zero-order valence-corrected chi connectivity index (χ0v) is 14.6. The van der Waals surface area contributed by atoms with Gasteiger partial charge in [0.15, 0.2) is 0 Å². The summed E-state index contributed by atoms with van der Waals surface area (Å²) in [5.74, 6) is 0.0656. The summed E-state index contributed by atoms with van der Waals surface area (Å²) in [6, 6.07) is 7.59. The summed E-state index contributed by atoms with van der Waals surface area (Å²) >= 11 is 6.16. The molecule has 1 aliphatic rings. The Morgan fingerprint density at radius 3 is 2.67 bits per heavy atom. The molecule has 5 heteroatoms. The molecular weight excluding hydrogens is 322 g/mol. The third-order valence-electron chi connectivity index (χ3n) is 4.43. The number of benzene rings is 1. The van der Waals surface area contributed by atoms with Crippen LogP contribution in [0, 0.1) is 6.92 Å². The number of pyridine rings is 1. The number of aromatic nitrogens is 1. The van der Waals surface area contributed by atoms with Crippen LogP contribution in [-0.4, -0.2) is 28.9 Å². The Labute approximate surface area is 147 Å². The largest absolute Gasteiger partial charge is 0.354 e. The average molecular weight is 344 g/mol. The number of nitrogens with one attached hydrogen (secondary N) is 1. The predicted octanol–water partition coefficient (Wildman–Crippen LogP) is 4.80. The maximum Gasteiger partial charge on any atom is 0.255 e. The molecule has 0 unspecified atom stereocenters. The Hall–Kier alpha value is -2.07. The number of likely N-dealkylation sites (tertiary alicyclic amines) is 1. The van der Waals surface area contributed by atoms with Crippen molar-refractivity contribution in [1.29, 1.82) is 0 Å². The highest BCUT2D eigenvalue weighted by molar-refractivity contribution is 6.31. The zero-order valence-electron chi connectivity index (χ0n) is 13.9. The van der Waals surface area contributed by atoms with E-state index >= 15 is 0 Å². The lowest BCUT2D eigenvalue weighted by Crippen LogP contribution is -2.31. The van der Waals surface area contributed by atoms with E-state index in [9.17, 15) is 4.79 Å². The number of nitrogens with zero attached hydrogens (tertiary/aromatic N) is 2. The number of halogens is 1. The van der Waals surface area contributed by atoms with Crippen molar-refractivity contribution in [2.45, 2.75) is 32.6 Å². The Balaban J connectivity index is 1.78. The lowest BCUT2D eigenvalue weighted by Gasteiger charge is -2.20. The molecule has 1 aromatic carbocycles. The summed E-state index contributed by atoms with van der Waals surface area (Å²) in [6.45, 7) is 3.64. The molecule has 2 heterocycles. The summed E-state index contributed by atoms with van der Waals surface area (Å²) in [7, 11) is 0. The maximum absolute atomic E-state index is 12.7. The zero-order chi connectivity index (χ0) is 16.9. The van der Waals surface area contributed by atoms with Crippen LogP contribution in [0.3, 0.4) is 0 Å². The molecule has 0 saturated carbocycles. The Kier molecular flexibility index (Phi) is 5.36. The van der Waals surface area contributed by atoms with Crippen molar-refractivity contribution >= 4 is 28.9 Å². The van der Waals surface area contributed by atoms with Crippen molar-refractivity contribution in [2.75, 3.05) is 18.4 Å². The van der Waals surface area contributed by atoms with Gasteiger partial charge in [0.25, 0.3) is 5.91 Å². The van der Waals surface area contributed by atoms with Gasteiger partial charge in [-0.05, 0) is 43.5 Å². The normalized spacial score (nSPS) is 15.0. The second kappa shape index (κ2) is 7.67. The Morgan fingerprint density at radius 1 is 1.17 bits per heavy atom. The van der Waals surface area contributed by atoms with Gasteiger partial charge in [-0.15, -0.1) is 0 Å². The van der Waals surface area contributed by atoms with E-state index in [4.69, 9.17) is 11.6 Å². The van der Waals surface area contributed by atoms with Crippen molar-refractivity contribution in [3.63, 3.8) is 0 Å². The van der Waals surface area contributed by atoms with E-state index in [1.165, 1.54) is 12.8 Å². The van der Waals surface area contributed by atoms with E-state index < -0.39 is 0 Å². The van der Waals surface area contributed by atoms with Crippen molar-refractivity contribution in [1.82, 2.24) is 9.88 Å². The molecule has 0 spiro atoms. The van der Waals surface area contributed by atoms with Gasteiger partial charge in [0, 0.05) is 30.0 Å². The van der Waals surface area contributed by atoms with E-state index in [1.807, 2.05) is 36.1 Å². The lowest BCUT2D eigenvalue weighted by atomic mass is 10.2. The molecule has 1 aliphatic heterocycles. The smallest absolute Gasteiger partial charge is 0.255 e. The fourth-order valence-corrected chi connectivity index (χ4v) is 3.15. The second-order valence-corrected chi connectivity index (χ2v) is 6.61. The van der Waals surface area contributed by atoms with Gasteiger partial charge in [0.2, 0.25) is 0 Å². The molecule has 0 atom stereocenters. The van der Waals surface area contributed by atoms with E-state index in [1.54, 1.807) is 12.4 Å². The minimum absolute atomic E-state index is 0.0656. The first kappa shape index (κ1) is 16.8. The SMILES string of the molecule is Cc1c(Cl)cccc1Nc1cncc(C(=O)N2CCCCCC2)c1. The first-order chi connectivity index (χ1) is 11.6. The van der Waals surface area contributed by atoms with E-state index in [0.717, 1.165) is 42.9 Å². The number of carbonyl (C=O) groups is 1. The van der Waals surface area contributed by atoms with Crippen LogP contribution in [-0.2, 0) is 0 Å². The van der Waals surface area contributed by atoms with Gasteiger partial charge in [-0.25, -0.2) is 0 Å². The number of hydrogen-bond acceptors (Lipinski definition) is 3.